The summed E-state index contributed by atoms with van der Waals surface area (Å²) in [6.45, 7) is 3.56. The number of nitrogens with zero attached hydrogens (tertiary/aromatic N) is 2. The standard InChI is InChI=1S/C21H21N3O4/c1-13(2)18(24-12-22-16-11-7-6-10-15(16)20(24)26)19(25)23-17(21(27)28)14-8-4-3-5-9-14/h3-13,17-18H,1-2H3,(H,23,25)(H,27,28)/p-1/t17-,18-/m0/s1. The van der Waals surface area contributed by atoms with Crippen LogP contribution in [0.4, 0.5) is 0 Å². The van der Waals surface area contributed by atoms with Crippen LogP contribution in [0.5, 0.6) is 0 Å². The number of carboxylic acids is 1. The van der Waals surface area contributed by atoms with E-state index >= 15 is 0 Å². The zero-order valence-electron chi connectivity index (χ0n) is 15.5. The number of benzene rings is 2. The topological polar surface area (TPSA) is 104 Å². The molecular weight excluding hydrogens is 358 g/mol. The molecule has 2 aromatic carbocycles. The van der Waals surface area contributed by atoms with Crippen molar-refractivity contribution in [2.45, 2.75) is 25.9 Å². The second-order valence-corrected chi connectivity index (χ2v) is 6.83. The van der Waals surface area contributed by atoms with Crippen LogP contribution in [-0.4, -0.2) is 21.4 Å². The summed E-state index contributed by atoms with van der Waals surface area (Å²) in [4.78, 5) is 41.7. The molecule has 0 aliphatic rings. The van der Waals surface area contributed by atoms with Gasteiger partial charge in [-0.3, -0.25) is 14.2 Å². The lowest BCUT2D eigenvalue weighted by Crippen LogP contribution is -2.46. The van der Waals surface area contributed by atoms with Gasteiger partial charge < -0.3 is 15.2 Å². The number of hydrogen-bond donors (Lipinski definition) is 1. The molecule has 0 fully saturated rings. The van der Waals surface area contributed by atoms with E-state index in [0.29, 0.717) is 16.5 Å². The maximum absolute atomic E-state index is 13.0. The molecule has 1 heterocycles. The number of fused-ring (bicyclic) bond motifs is 1. The highest BCUT2D eigenvalue weighted by Gasteiger charge is 2.28. The van der Waals surface area contributed by atoms with E-state index in [9.17, 15) is 19.5 Å². The second-order valence-electron chi connectivity index (χ2n) is 6.83. The van der Waals surface area contributed by atoms with E-state index < -0.39 is 24.0 Å². The first kappa shape index (κ1) is 19.3. The van der Waals surface area contributed by atoms with Gasteiger partial charge in [0, 0.05) is 0 Å². The van der Waals surface area contributed by atoms with Crippen molar-refractivity contribution in [2.24, 2.45) is 5.92 Å². The molecule has 7 nitrogen and oxygen atoms in total. The molecule has 144 valence electrons. The number of carbonyl (C=O) groups excluding carboxylic acids is 2. The van der Waals surface area contributed by atoms with Gasteiger partial charge in [0.1, 0.15) is 6.04 Å². The molecule has 0 aliphatic carbocycles. The van der Waals surface area contributed by atoms with Gasteiger partial charge in [-0.25, -0.2) is 4.98 Å². The zero-order valence-corrected chi connectivity index (χ0v) is 15.5. The molecule has 3 aromatic rings. The van der Waals surface area contributed by atoms with Crippen LogP contribution in [0.2, 0.25) is 0 Å². The number of aromatic nitrogens is 2. The van der Waals surface area contributed by atoms with E-state index in [1.807, 2.05) is 0 Å². The molecule has 0 aliphatic heterocycles. The van der Waals surface area contributed by atoms with Crippen molar-refractivity contribution in [1.29, 1.82) is 0 Å². The van der Waals surface area contributed by atoms with Crippen LogP contribution in [0.25, 0.3) is 10.9 Å². The first-order chi connectivity index (χ1) is 13.4. The highest BCUT2D eigenvalue weighted by Crippen LogP contribution is 2.20. The number of hydrogen-bond acceptors (Lipinski definition) is 5. The van der Waals surface area contributed by atoms with E-state index in [4.69, 9.17) is 0 Å². The fourth-order valence-corrected chi connectivity index (χ4v) is 3.18. The Morgan fingerprint density at radius 3 is 2.32 bits per heavy atom. The molecule has 1 amide bonds. The summed E-state index contributed by atoms with van der Waals surface area (Å²) in [6, 6.07) is 12.9. The van der Waals surface area contributed by atoms with Crippen LogP contribution in [0.15, 0.2) is 65.7 Å². The van der Waals surface area contributed by atoms with E-state index in [1.165, 1.54) is 10.9 Å². The molecule has 0 unspecified atom stereocenters. The van der Waals surface area contributed by atoms with Crippen LogP contribution in [0, 0.1) is 5.92 Å². The maximum Gasteiger partial charge on any atom is 0.261 e. The Labute approximate surface area is 161 Å². The lowest BCUT2D eigenvalue weighted by atomic mass is 10.0. The summed E-state index contributed by atoms with van der Waals surface area (Å²) in [7, 11) is 0. The fourth-order valence-electron chi connectivity index (χ4n) is 3.18. The summed E-state index contributed by atoms with van der Waals surface area (Å²) in [5, 5.41) is 14.5. The third kappa shape index (κ3) is 3.78. The van der Waals surface area contributed by atoms with Gasteiger partial charge in [0.15, 0.2) is 0 Å². The van der Waals surface area contributed by atoms with Gasteiger partial charge in [0.2, 0.25) is 5.91 Å². The number of carbonyl (C=O) groups is 2. The van der Waals surface area contributed by atoms with Crippen molar-refractivity contribution in [3.05, 3.63) is 76.8 Å². The maximum atomic E-state index is 13.0. The minimum atomic E-state index is -1.42. The minimum Gasteiger partial charge on any atom is -0.548 e. The van der Waals surface area contributed by atoms with Crippen molar-refractivity contribution < 1.29 is 14.7 Å². The van der Waals surface area contributed by atoms with Gasteiger partial charge >= 0.3 is 0 Å². The number of nitrogens with one attached hydrogen (secondary N) is 1. The molecule has 28 heavy (non-hydrogen) atoms. The summed E-state index contributed by atoms with van der Waals surface area (Å²) >= 11 is 0. The van der Waals surface area contributed by atoms with Crippen LogP contribution in [0.1, 0.15) is 31.5 Å². The normalized spacial score (nSPS) is 13.2. The highest BCUT2D eigenvalue weighted by atomic mass is 16.4. The predicted molar refractivity (Wildman–Crippen MR) is 102 cm³/mol. The van der Waals surface area contributed by atoms with Crippen molar-refractivity contribution in [3.8, 4) is 0 Å². The summed E-state index contributed by atoms with van der Waals surface area (Å²) in [5.41, 5.74) is 0.565. The smallest absolute Gasteiger partial charge is 0.261 e. The summed E-state index contributed by atoms with van der Waals surface area (Å²) in [6.07, 6.45) is 1.32. The van der Waals surface area contributed by atoms with Crippen LogP contribution in [0.3, 0.4) is 0 Å². The van der Waals surface area contributed by atoms with E-state index in [2.05, 4.69) is 10.3 Å². The first-order valence-corrected chi connectivity index (χ1v) is 8.92. The van der Waals surface area contributed by atoms with Crippen molar-refractivity contribution >= 4 is 22.8 Å². The third-order valence-electron chi connectivity index (χ3n) is 4.55. The van der Waals surface area contributed by atoms with Crippen molar-refractivity contribution in [3.63, 3.8) is 0 Å². The van der Waals surface area contributed by atoms with Gasteiger partial charge in [-0.1, -0.05) is 56.3 Å². The zero-order chi connectivity index (χ0) is 20.3. The number of aliphatic carboxylic acids is 1. The Morgan fingerprint density at radius 1 is 1.04 bits per heavy atom. The van der Waals surface area contributed by atoms with Gasteiger partial charge in [0.25, 0.3) is 5.56 Å². The van der Waals surface area contributed by atoms with Gasteiger partial charge in [-0.2, -0.15) is 0 Å². The largest absolute Gasteiger partial charge is 0.548 e. The first-order valence-electron chi connectivity index (χ1n) is 8.92. The number of carboxylic acid groups (broad SMARTS) is 1. The number of amides is 1. The Bertz CT molecular complexity index is 1060. The number of rotatable bonds is 6. The van der Waals surface area contributed by atoms with Crippen molar-refractivity contribution in [1.82, 2.24) is 14.9 Å². The lowest BCUT2D eigenvalue weighted by molar-refractivity contribution is -0.308. The average molecular weight is 378 g/mol. The molecule has 0 spiro atoms. The van der Waals surface area contributed by atoms with Crippen molar-refractivity contribution in [2.75, 3.05) is 0 Å². The van der Waals surface area contributed by atoms with Crippen LogP contribution < -0.4 is 16.0 Å². The number of para-hydroxylation sites is 1. The SMILES string of the molecule is CC(C)[C@@H](C(=O)N[C@H](C(=O)[O-])c1ccccc1)n1cnc2ccccc2c1=O. The van der Waals surface area contributed by atoms with Crippen LogP contribution in [-0.2, 0) is 9.59 Å². The average Bonchev–Trinajstić information content (AvgIpc) is 2.68. The Kier molecular flexibility index (Phi) is 5.54. The molecule has 2 atom stereocenters. The molecule has 0 saturated carbocycles. The third-order valence-corrected chi connectivity index (χ3v) is 4.55. The van der Waals surface area contributed by atoms with Crippen LogP contribution >= 0.6 is 0 Å². The van der Waals surface area contributed by atoms with Gasteiger partial charge in [0.05, 0.1) is 29.2 Å². The molecule has 1 N–H and O–H groups in total. The molecule has 0 bridgehead atoms. The second kappa shape index (κ2) is 8.04. The van der Waals surface area contributed by atoms with Gasteiger partial charge in [-0.15, -0.1) is 0 Å². The molecule has 1 aromatic heterocycles. The molecule has 7 heteroatoms. The summed E-state index contributed by atoms with van der Waals surface area (Å²) < 4.78 is 1.25. The van der Waals surface area contributed by atoms with E-state index in [0.717, 1.165) is 0 Å². The lowest BCUT2D eigenvalue weighted by Gasteiger charge is -2.27. The Morgan fingerprint density at radius 2 is 1.68 bits per heavy atom. The van der Waals surface area contributed by atoms with E-state index in [-0.39, 0.29) is 11.5 Å². The Balaban J connectivity index is 1.98. The van der Waals surface area contributed by atoms with E-state index in [1.54, 1.807) is 68.4 Å². The predicted octanol–water partition coefficient (Wildman–Crippen LogP) is 1.20. The molecular formula is C21H20N3O4-. The molecule has 0 saturated heterocycles. The minimum absolute atomic E-state index is 0.279. The van der Waals surface area contributed by atoms with Gasteiger partial charge in [-0.05, 0) is 23.6 Å². The Hall–Kier alpha value is -3.48. The monoisotopic (exact) mass is 378 g/mol. The quantitative estimate of drug-likeness (QED) is 0.694. The summed E-state index contributed by atoms with van der Waals surface area (Å²) in [5.74, 6) is -2.29. The highest BCUT2D eigenvalue weighted by molar-refractivity contribution is 5.86. The molecule has 3 rings (SSSR count). The fraction of sp³-hybridized carbons (Fsp3) is 0.238. The molecule has 0 radical (unpaired) electrons.